The van der Waals surface area contributed by atoms with E-state index in [-0.39, 0.29) is 13.0 Å². The van der Waals surface area contributed by atoms with Gasteiger partial charge in [0.2, 0.25) is 0 Å². The fourth-order valence-electron chi connectivity index (χ4n) is 2.97. The Morgan fingerprint density at radius 3 is 2.79 bits per heavy atom. The third-order valence-corrected chi connectivity index (χ3v) is 4.43. The van der Waals surface area contributed by atoms with Crippen LogP contribution in [0.4, 0.5) is 0 Å². The number of carboxylic acid groups (broad SMARTS) is 1. The molecule has 0 bridgehead atoms. The summed E-state index contributed by atoms with van der Waals surface area (Å²) in [5.74, 6) is -0.484. The second kappa shape index (κ2) is 8.54. The first-order valence-electron chi connectivity index (χ1n) is 8.86. The molecule has 0 atom stereocenters. The predicted octanol–water partition coefficient (Wildman–Crippen LogP) is 4.40. The average molecular weight is 378 g/mol. The Hall–Kier alpha value is -3.38. The van der Waals surface area contributed by atoms with Gasteiger partial charge < -0.3 is 20.1 Å². The maximum absolute atomic E-state index is 10.9. The van der Waals surface area contributed by atoms with E-state index in [9.17, 15) is 4.79 Å². The van der Waals surface area contributed by atoms with Crippen LogP contribution in [-0.2, 0) is 22.7 Å². The topological polar surface area (TPSA) is 98.6 Å². The fourth-order valence-corrected chi connectivity index (χ4v) is 2.97. The van der Waals surface area contributed by atoms with Gasteiger partial charge in [0.1, 0.15) is 18.1 Å². The lowest BCUT2D eigenvalue weighted by atomic mass is 10.0. The lowest BCUT2D eigenvalue weighted by Crippen LogP contribution is -2.00. The largest absolute Gasteiger partial charge is 0.487 e. The maximum Gasteiger partial charge on any atom is 0.307 e. The Kier molecular flexibility index (Phi) is 5.91. The number of ether oxygens (including phenoxy) is 1. The Labute approximate surface area is 162 Å². The van der Waals surface area contributed by atoms with Crippen molar-refractivity contribution in [2.75, 3.05) is 0 Å². The van der Waals surface area contributed by atoms with Crippen molar-refractivity contribution in [3.63, 3.8) is 0 Å². The smallest absolute Gasteiger partial charge is 0.307 e. The van der Waals surface area contributed by atoms with Crippen molar-refractivity contribution in [3.8, 4) is 11.1 Å². The summed E-state index contributed by atoms with van der Waals surface area (Å²) in [5.41, 5.74) is 10.8. The van der Waals surface area contributed by atoms with Crippen LogP contribution in [0.25, 0.3) is 22.1 Å². The van der Waals surface area contributed by atoms with Crippen molar-refractivity contribution in [3.05, 3.63) is 77.7 Å². The van der Waals surface area contributed by atoms with Crippen LogP contribution in [-0.4, -0.2) is 16.2 Å². The molecule has 6 nitrogen and oxygen atoms in total. The van der Waals surface area contributed by atoms with Gasteiger partial charge in [0.05, 0.1) is 6.42 Å². The van der Waals surface area contributed by atoms with Gasteiger partial charge in [-0.1, -0.05) is 36.0 Å². The monoisotopic (exact) mass is 378 g/mol. The number of allylic oxidation sites excluding steroid dienone is 1. The van der Waals surface area contributed by atoms with Crippen LogP contribution in [0.3, 0.4) is 0 Å². The zero-order valence-corrected chi connectivity index (χ0v) is 15.6. The molecule has 0 radical (unpaired) electrons. The van der Waals surface area contributed by atoms with Gasteiger partial charge in [-0.3, -0.25) is 4.79 Å². The van der Waals surface area contributed by atoms with E-state index in [1.165, 1.54) is 6.08 Å². The van der Waals surface area contributed by atoms with Gasteiger partial charge in [-0.15, -0.1) is 0 Å². The van der Waals surface area contributed by atoms with Crippen LogP contribution in [0.15, 0.2) is 71.0 Å². The fraction of sp³-hybridized carbons (Fsp3) is 0.182. The summed E-state index contributed by atoms with van der Waals surface area (Å²) in [6.07, 6.45) is 1.40. The zero-order valence-electron chi connectivity index (χ0n) is 15.6. The summed E-state index contributed by atoms with van der Waals surface area (Å²) in [5, 5.41) is 13.9. The maximum atomic E-state index is 10.9. The number of aliphatic carboxylic acids is 1. The minimum atomic E-state index is -0.920. The highest BCUT2D eigenvalue weighted by atomic mass is 16.5. The molecule has 3 N–H and O–H groups in total. The second-order valence-corrected chi connectivity index (χ2v) is 6.45. The van der Waals surface area contributed by atoms with Crippen LogP contribution in [0.2, 0.25) is 0 Å². The van der Waals surface area contributed by atoms with E-state index in [1.54, 1.807) is 6.92 Å². The third kappa shape index (κ3) is 4.29. The standard InChI is InChI=1S/C22H22N2O4/c1-3-20(14(2)9-22(25)26)27-13-19-18-11-17(7-8-21(18)28-24-19)16-6-4-5-15(10-16)12-23/h3-8,10-11H,1,9,12-13,23H2,2H3,(H,25,26)/b20-14-. The number of fused-ring (bicyclic) bond motifs is 1. The lowest BCUT2D eigenvalue weighted by molar-refractivity contribution is -0.136. The van der Waals surface area contributed by atoms with Gasteiger partial charge in [0.15, 0.2) is 5.58 Å². The lowest BCUT2D eigenvalue weighted by Gasteiger charge is -2.09. The van der Waals surface area contributed by atoms with Crippen molar-refractivity contribution < 1.29 is 19.2 Å². The molecule has 3 rings (SSSR count). The number of rotatable bonds is 8. The second-order valence-electron chi connectivity index (χ2n) is 6.45. The van der Waals surface area contributed by atoms with Gasteiger partial charge in [0.25, 0.3) is 0 Å². The first-order valence-corrected chi connectivity index (χ1v) is 8.86. The van der Waals surface area contributed by atoms with Gasteiger partial charge in [-0.2, -0.15) is 0 Å². The van der Waals surface area contributed by atoms with Crippen LogP contribution >= 0.6 is 0 Å². The van der Waals surface area contributed by atoms with Crippen molar-refractivity contribution >= 4 is 16.9 Å². The van der Waals surface area contributed by atoms with E-state index >= 15 is 0 Å². The number of hydrogen-bond donors (Lipinski definition) is 2. The van der Waals surface area contributed by atoms with Crippen LogP contribution in [0, 0.1) is 0 Å². The third-order valence-electron chi connectivity index (χ3n) is 4.43. The van der Waals surface area contributed by atoms with Crippen molar-refractivity contribution in [2.45, 2.75) is 26.5 Å². The molecule has 6 heteroatoms. The van der Waals surface area contributed by atoms with Gasteiger partial charge in [-0.25, -0.2) is 0 Å². The van der Waals surface area contributed by atoms with Gasteiger partial charge in [-0.05, 0) is 53.5 Å². The quantitative estimate of drug-likeness (QED) is 0.445. The molecule has 0 amide bonds. The summed E-state index contributed by atoms with van der Waals surface area (Å²) in [4.78, 5) is 10.9. The van der Waals surface area contributed by atoms with Crippen molar-refractivity contribution in [1.82, 2.24) is 5.16 Å². The first-order chi connectivity index (χ1) is 13.5. The molecule has 1 aromatic heterocycles. The Balaban J connectivity index is 1.88. The van der Waals surface area contributed by atoms with Crippen molar-refractivity contribution in [2.24, 2.45) is 5.73 Å². The SMILES string of the molecule is C=C/C(OCc1noc2ccc(-c3cccc(CN)c3)cc12)=C(\C)CC(=O)O. The summed E-state index contributed by atoms with van der Waals surface area (Å²) in [6.45, 7) is 6.03. The normalized spacial score (nSPS) is 11.9. The van der Waals surface area contributed by atoms with E-state index in [2.05, 4.69) is 17.8 Å². The Morgan fingerprint density at radius 1 is 1.29 bits per heavy atom. The number of hydrogen-bond acceptors (Lipinski definition) is 5. The molecular weight excluding hydrogens is 356 g/mol. The number of benzene rings is 2. The Bertz CT molecular complexity index is 1050. The van der Waals surface area contributed by atoms with Crippen LogP contribution < -0.4 is 5.73 Å². The van der Waals surface area contributed by atoms with E-state index in [0.717, 1.165) is 22.1 Å². The molecule has 0 aliphatic heterocycles. The molecule has 3 aromatic rings. The minimum absolute atomic E-state index is 0.109. The first kappa shape index (κ1) is 19.4. The molecular formula is C22H22N2O4. The highest BCUT2D eigenvalue weighted by molar-refractivity contribution is 5.85. The molecule has 0 aliphatic rings. The summed E-state index contributed by atoms with van der Waals surface area (Å²) in [6, 6.07) is 13.9. The molecule has 0 aliphatic carbocycles. The Morgan fingerprint density at radius 2 is 2.07 bits per heavy atom. The van der Waals surface area contributed by atoms with E-state index in [0.29, 0.717) is 29.2 Å². The molecule has 0 saturated carbocycles. The molecule has 0 unspecified atom stereocenters. The summed E-state index contributed by atoms with van der Waals surface area (Å²) in [7, 11) is 0. The van der Waals surface area contributed by atoms with Gasteiger partial charge in [0, 0.05) is 11.9 Å². The van der Waals surface area contributed by atoms with Crippen LogP contribution in [0.5, 0.6) is 0 Å². The number of aromatic nitrogens is 1. The van der Waals surface area contributed by atoms with E-state index < -0.39 is 5.97 Å². The highest BCUT2D eigenvalue weighted by Crippen LogP contribution is 2.28. The molecule has 2 aromatic carbocycles. The highest BCUT2D eigenvalue weighted by Gasteiger charge is 2.12. The average Bonchev–Trinajstić information content (AvgIpc) is 3.10. The molecule has 0 saturated heterocycles. The zero-order chi connectivity index (χ0) is 20.1. The molecule has 144 valence electrons. The molecule has 0 spiro atoms. The number of carbonyl (C=O) groups is 1. The minimum Gasteiger partial charge on any atom is -0.487 e. The van der Waals surface area contributed by atoms with E-state index in [4.69, 9.17) is 20.1 Å². The number of carboxylic acids is 1. The number of nitrogens with zero attached hydrogens (tertiary/aromatic N) is 1. The molecule has 1 heterocycles. The molecule has 28 heavy (non-hydrogen) atoms. The van der Waals surface area contributed by atoms with E-state index in [1.807, 2.05) is 36.4 Å². The molecule has 0 fully saturated rings. The van der Waals surface area contributed by atoms with Crippen molar-refractivity contribution in [1.29, 1.82) is 0 Å². The predicted molar refractivity (Wildman–Crippen MR) is 107 cm³/mol. The summed E-state index contributed by atoms with van der Waals surface area (Å²) < 4.78 is 11.1. The van der Waals surface area contributed by atoms with Gasteiger partial charge >= 0.3 is 5.97 Å². The number of nitrogens with two attached hydrogens (primary N) is 1. The summed E-state index contributed by atoms with van der Waals surface area (Å²) >= 11 is 0. The van der Waals surface area contributed by atoms with Crippen LogP contribution in [0.1, 0.15) is 24.6 Å².